The lowest BCUT2D eigenvalue weighted by atomic mass is 10.2. The van der Waals surface area contributed by atoms with Crippen molar-refractivity contribution < 1.29 is 18.1 Å². The van der Waals surface area contributed by atoms with E-state index in [0.717, 1.165) is 24.3 Å². The van der Waals surface area contributed by atoms with E-state index >= 15 is 0 Å². The van der Waals surface area contributed by atoms with Crippen molar-refractivity contribution in [3.8, 4) is 0 Å². The summed E-state index contributed by atoms with van der Waals surface area (Å²) >= 11 is 4.43. The van der Waals surface area contributed by atoms with E-state index in [1.165, 1.54) is 0 Å². The monoisotopic (exact) mass is 251 g/mol. The topological polar surface area (TPSA) is 43.1 Å². The van der Waals surface area contributed by atoms with Crippen molar-refractivity contribution in [2.45, 2.75) is 5.38 Å². The van der Waals surface area contributed by atoms with Gasteiger partial charge in [-0.2, -0.15) is 8.78 Å². The molecule has 0 fully saturated rings. The van der Waals surface area contributed by atoms with Crippen LogP contribution in [0, 0.1) is 10.1 Å². The van der Waals surface area contributed by atoms with Gasteiger partial charge in [0.1, 0.15) is 0 Å². The Morgan fingerprint density at radius 3 is 2.25 bits per heavy atom. The highest BCUT2D eigenvalue weighted by atomic mass is 35.5. The number of nitrogens with zero attached hydrogens (tertiary/aromatic N) is 1. The van der Waals surface area contributed by atoms with Crippen LogP contribution in [0.5, 0.6) is 0 Å². The molecule has 0 aromatic heterocycles. The molecule has 0 heterocycles. The number of hydrogen-bond donors (Lipinski definition) is 0. The number of alkyl halides is 3. The van der Waals surface area contributed by atoms with Gasteiger partial charge in [-0.1, -0.05) is 0 Å². The zero-order valence-electron chi connectivity index (χ0n) is 7.66. The quantitative estimate of drug-likeness (QED) is 0.467. The van der Waals surface area contributed by atoms with Crippen molar-refractivity contribution in [3.63, 3.8) is 0 Å². The van der Waals surface area contributed by atoms with Crippen LogP contribution in [0.4, 0.5) is 18.9 Å². The molecule has 0 bridgehead atoms. The van der Waals surface area contributed by atoms with Crippen LogP contribution in [0.1, 0.15) is 5.56 Å². The van der Waals surface area contributed by atoms with Crippen LogP contribution in [-0.4, -0.2) is 10.3 Å². The summed E-state index contributed by atoms with van der Waals surface area (Å²) in [7, 11) is 0. The third-order valence-electron chi connectivity index (χ3n) is 1.67. The molecule has 7 heteroatoms. The maximum atomic E-state index is 12.7. The molecule has 16 heavy (non-hydrogen) atoms. The molecule has 0 amide bonds. The van der Waals surface area contributed by atoms with Crippen molar-refractivity contribution in [1.29, 1.82) is 0 Å². The molecule has 1 aromatic rings. The summed E-state index contributed by atoms with van der Waals surface area (Å²) in [6.45, 7) is 0. The molecular weight excluding hydrogens is 247 g/mol. The fourth-order valence-corrected chi connectivity index (χ4v) is 0.975. The second-order valence-corrected chi connectivity index (χ2v) is 3.31. The predicted molar refractivity (Wildman–Crippen MR) is 53.0 cm³/mol. The summed E-state index contributed by atoms with van der Waals surface area (Å²) in [5.41, 5.74) is -0.154. The maximum Gasteiger partial charge on any atom is 0.373 e. The molecule has 0 aliphatic carbocycles. The van der Waals surface area contributed by atoms with Gasteiger partial charge >= 0.3 is 5.38 Å². The highest BCUT2D eigenvalue weighted by Crippen LogP contribution is 2.31. The number of allylic oxidation sites excluding steroid dienone is 1. The Balaban J connectivity index is 2.96. The zero-order chi connectivity index (χ0) is 12.3. The smallest absolute Gasteiger partial charge is 0.258 e. The molecule has 0 saturated heterocycles. The Bertz CT molecular complexity index is 425. The summed E-state index contributed by atoms with van der Waals surface area (Å²) in [5.74, 6) is -1.82. The lowest BCUT2D eigenvalue weighted by molar-refractivity contribution is -0.384. The molecule has 1 rings (SSSR count). The molecule has 0 aliphatic heterocycles. The Hall–Kier alpha value is -1.56. The fraction of sp³-hybridized carbons (Fsp3) is 0.111. The molecule has 0 spiro atoms. The standard InChI is InChI=1S/C9H5ClF3NO2/c10-9(12,13)8(11)5-6-1-3-7(4-2-6)14(15)16/h1-5H/b8-5+. The summed E-state index contributed by atoms with van der Waals surface area (Å²) < 4.78 is 37.1. The SMILES string of the molecule is O=[N+]([O-])c1ccc(/C=C(/F)C(F)(F)Cl)cc1. The van der Waals surface area contributed by atoms with Gasteiger partial charge in [-0.05, 0) is 35.4 Å². The van der Waals surface area contributed by atoms with Crippen molar-refractivity contribution in [1.82, 2.24) is 0 Å². The van der Waals surface area contributed by atoms with E-state index in [2.05, 4.69) is 11.6 Å². The van der Waals surface area contributed by atoms with Gasteiger partial charge in [-0.15, -0.1) is 0 Å². The lowest BCUT2D eigenvalue weighted by Crippen LogP contribution is -2.05. The first-order valence-electron chi connectivity index (χ1n) is 3.99. The first-order chi connectivity index (χ1) is 7.30. The molecule has 0 atom stereocenters. The van der Waals surface area contributed by atoms with E-state index in [0.29, 0.717) is 6.08 Å². The van der Waals surface area contributed by atoms with Gasteiger partial charge in [0.25, 0.3) is 5.69 Å². The third-order valence-corrected chi connectivity index (χ3v) is 1.85. The number of benzene rings is 1. The molecule has 0 aliphatic rings. The Morgan fingerprint density at radius 1 is 1.38 bits per heavy atom. The molecule has 86 valence electrons. The Labute approximate surface area is 93.3 Å². The number of non-ortho nitro benzene ring substituents is 1. The molecule has 0 N–H and O–H groups in total. The molecule has 1 aromatic carbocycles. The number of hydrogen-bond acceptors (Lipinski definition) is 2. The van der Waals surface area contributed by atoms with E-state index in [1.807, 2.05) is 0 Å². The fourth-order valence-electron chi connectivity index (χ4n) is 0.920. The van der Waals surface area contributed by atoms with Gasteiger partial charge in [0, 0.05) is 12.1 Å². The minimum Gasteiger partial charge on any atom is -0.258 e. The van der Waals surface area contributed by atoms with Crippen LogP contribution in [-0.2, 0) is 0 Å². The summed E-state index contributed by atoms with van der Waals surface area (Å²) in [6, 6.07) is 4.43. The lowest BCUT2D eigenvalue weighted by Gasteiger charge is -2.03. The van der Waals surface area contributed by atoms with Crippen LogP contribution in [0.25, 0.3) is 6.08 Å². The average Bonchev–Trinajstić information content (AvgIpc) is 2.17. The Kier molecular flexibility index (Phi) is 3.54. The predicted octanol–water partition coefficient (Wildman–Crippen LogP) is 3.74. The number of nitro benzene ring substituents is 1. The highest BCUT2D eigenvalue weighted by Gasteiger charge is 2.31. The van der Waals surface area contributed by atoms with E-state index in [9.17, 15) is 23.3 Å². The van der Waals surface area contributed by atoms with Gasteiger partial charge in [0.05, 0.1) is 4.92 Å². The number of rotatable bonds is 3. The van der Waals surface area contributed by atoms with Crippen molar-refractivity contribution in [2.75, 3.05) is 0 Å². The van der Waals surface area contributed by atoms with Gasteiger partial charge in [-0.25, -0.2) is 4.39 Å². The number of nitro groups is 1. The van der Waals surface area contributed by atoms with E-state index in [1.54, 1.807) is 0 Å². The molecular formula is C9H5ClF3NO2. The maximum absolute atomic E-state index is 12.7. The second-order valence-electron chi connectivity index (χ2n) is 2.84. The van der Waals surface area contributed by atoms with Crippen molar-refractivity contribution in [2.24, 2.45) is 0 Å². The van der Waals surface area contributed by atoms with Crippen molar-refractivity contribution >= 4 is 23.4 Å². The molecule has 0 saturated carbocycles. The van der Waals surface area contributed by atoms with Crippen LogP contribution in [0.2, 0.25) is 0 Å². The van der Waals surface area contributed by atoms with Crippen LogP contribution >= 0.6 is 11.6 Å². The van der Waals surface area contributed by atoms with Crippen LogP contribution < -0.4 is 0 Å². The van der Waals surface area contributed by atoms with E-state index < -0.39 is 16.1 Å². The number of halogens is 4. The van der Waals surface area contributed by atoms with Crippen molar-refractivity contribution in [3.05, 3.63) is 45.8 Å². The highest BCUT2D eigenvalue weighted by molar-refractivity contribution is 6.23. The molecule has 0 unspecified atom stereocenters. The first kappa shape index (κ1) is 12.5. The minimum absolute atomic E-state index is 0.0587. The van der Waals surface area contributed by atoms with Gasteiger partial charge in [-0.3, -0.25) is 10.1 Å². The summed E-state index contributed by atoms with van der Waals surface area (Å²) in [6.07, 6.45) is 0.511. The molecule has 3 nitrogen and oxygen atoms in total. The van der Waals surface area contributed by atoms with Crippen LogP contribution in [0.15, 0.2) is 30.1 Å². The van der Waals surface area contributed by atoms with Gasteiger partial charge in [0.15, 0.2) is 5.83 Å². The van der Waals surface area contributed by atoms with Gasteiger partial charge in [0.2, 0.25) is 0 Å². The summed E-state index contributed by atoms with van der Waals surface area (Å²) in [4.78, 5) is 9.62. The largest absolute Gasteiger partial charge is 0.373 e. The Morgan fingerprint density at radius 2 is 1.88 bits per heavy atom. The third kappa shape index (κ3) is 3.23. The van der Waals surface area contributed by atoms with E-state index in [4.69, 9.17) is 0 Å². The van der Waals surface area contributed by atoms with Gasteiger partial charge < -0.3 is 0 Å². The zero-order valence-corrected chi connectivity index (χ0v) is 8.42. The second kappa shape index (κ2) is 4.52. The molecule has 0 radical (unpaired) electrons. The average molecular weight is 252 g/mol. The minimum atomic E-state index is -4.07. The normalized spacial score (nSPS) is 12.6. The van der Waals surface area contributed by atoms with E-state index in [-0.39, 0.29) is 11.3 Å². The first-order valence-corrected chi connectivity index (χ1v) is 4.37. The van der Waals surface area contributed by atoms with Crippen LogP contribution in [0.3, 0.4) is 0 Å². The summed E-state index contributed by atoms with van der Waals surface area (Å²) in [5, 5.41) is 6.20.